The minimum Gasteiger partial charge on any atom is -0.320 e. The number of rotatable bonds is 0. The van der Waals surface area contributed by atoms with Gasteiger partial charge in [0.05, 0.1) is 12.1 Å². The van der Waals surface area contributed by atoms with Crippen LogP contribution in [0.25, 0.3) is 0 Å². The molecule has 2 nitrogen and oxygen atoms in total. The summed E-state index contributed by atoms with van der Waals surface area (Å²) in [6.07, 6.45) is 1.62. The molecule has 0 fully saturated rings. The maximum atomic E-state index is 5.76. The van der Waals surface area contributed by atoms with E-state index in [0.29, 0.717) is 17.3 Å². The summed E-state index contributed by atoms with van der Waals surface area (Å²) in [6.45, 7) is 0.322. The van der Waals surface area contributed by atoms with Gasteiger partial charge in [-0.3, -0.25) is 0 Å². The quantitative estimate of drug-likeness (QED) is 0.559. The van der Waals surface area contributed by atoms with Crippen molar-refractivity contribution in [3.8, 4) is 11.8 Å². The van der Waals surface area contributed by atoms with Crippen molar-refractivity contribution in [3.63, 3.8) is 0 Å². The summed E-state index contributed by atoms with van der Waals surface area (Å²) in [7, 11) is 0. The summed E-state index contributed by atoms with van der Waals surface area (Å²) in [6, 6.07) is 1.80. The van der Waals surface area contributed by atoms with Gasteiger partial charge in [0, 0.05) is 10.7 Å². The zero-order chi connectivity index (χ0) is 8.97. The van der Waals surface area contributed by atoms with Crippen LogP contribution in [-0.2, 0) is 0 Å². The first kappa shape index (κ1) is 9.53. The molecule has 1 rings (SSSR count). The molecular weight excluding hydrogens is 239 g/mol. The van der Waals surface area contributed by atoms with Crippen LogP contribution in [0.15, 0.2) is 16.7 Å². The second-order valence-electron chi connectivity index (χ2n) is 2.00. The fourth-order valence-corrected chi connectivity index (χ4v) is 1.14. The second kappa shape index (κ2) is 4.46. The number of nitrogens with two attached hydrogens (primary N) is 1. The van der Waals surface area contributed by atoms with Crippen LogP contribution < -0.4 is 5.73 Å². The van der Waals surface area contributed by atoms with Crippen LogP contribution in [0.4, 0.5) is 0 Å². The Morgan fingerprint density at radius 2 is 2.42 bits per heavy atom. The molecule has 0 aliphatic carbocycles. The van der Waals surface area contributed by atoms with E-state index in [1.54, 1.807) is 12.3 Å². The van der Waals surface area contributed by atoms with Crippen molar-refractivity contribution in [1.82, 2.24) is 4.98 Å². The molecule has 1 aromatic rings. The lowest BCUT2D eigenvalue weighted by atomic mass is 10.3. The molecule has 0 bridgehead atoms. The Hall–Kier alpha value is -0.560. The first-order valence-electron chi connectivity index (χ1n) is 3.24. The van der Waals surface area contributed by atoms with Crippen LogP contribution in [0.5, 0.6) is 0 Å². The summed E-state index contributed by atoms with van der Waals surface area (Å²) in [5.74, 6) is 5.52. The first-order valence-corrected chi connectivity index (χ1v) is 4.41. The molecule has 0 radical (unpaired) electrons. The monoisotopic (exact) mass is 244 g/mol. The molecule has 0 aliphatic rings. The zero-order valence-corrected chi connectivity index (χ0v) is 8.48. The molecule has 0 amide bonds. The molecular formula is C8H6BrClN2. The lowest BCUT2D eigenvalue weighted by Gasteiger charge is -1.94. The second-order valence-corrected chi connectivity index (χ2v) is 3.27. The van der Waals surface area contributed by atoms with E-state index in [4.69, 9.17) is 17.3 Å². The fourth-order valence-electron chi connectivity index (χ4n) is 0.657. The number of hydrogen-bond acceptors (Lipinski definition) is 2. The van der Waals surface area contributed by atoms with Crippen LogP contribution in [0.2, 0.25) is 5.15 Å². The predicted molar refractivity (Wildman–Crippen MR) is 52.9 cm³/mol. The van der Waals surface area contributed by atoms with Gasteiger partial charge in [-0.15, -0.1) is 0 Å². The molecule has 0 unspecified atom stereocenters. The largest absolute Gasteiger partial charge is 0.320 e. The van der Waals surface area contributed by atoms with Gasteiger partial charge in [0.1, 0.15) is 5.15 Å². The number of nitrogens with zero attached hydrogens (tertiary/aromatic N) is 1. The van der Waals surface area contributed by atoms with Gasteiger partial charge >= 0.3 is 0 Å². The molecule has 1 aromatic heterocycles. The van der Waals surface area contributed by atoms with Crippen molar-refractivity contribution in [2.45, 2.75) is 0 Å². The minimum atomic E-state index is 0.322. The van der Waals surface area contributed by atoms with Crippen molar-refractivity contribution < 1.29 is 0 Å². The van der Waals surface area contributed by atoms with Crippen LogP contribution >= 0.6 is 27.5 Å². The Balaban J connectivity index is 3.05. The van der Waals surface area contributed by atoms with Gasteiger partial charge in [-0.05, 0) is 22.0 Å². The molecule has 4 heteroatoms. The average molecular weight is 246 g/mol. The van der Waals surface area contributed by atoms with Crippen molar-refractivity contribution in [2.75, 3.05) is 6.54 Å². The smallest absolute Gasteiger partial charge is 0.144 e. The minimum absolute atomic E-state index is 0.322. The number of aromatic nitrogens is 1. The fraction of sp³-hybridized carbons (Fsp3) is 0.125. The van der Waals surface area contributed by atoms with Crippen molar-refractivity contribution in [1.29, 1.82) is 0 Å². The number of pyridine rings is 1. The van der Waals surface area contributed by atoms with Crippen LogP contribution in [0.3, 0.4) is 0 Å². The van der Waals surface area contributed by atoms with Gasteiger partial charge < -0.3 is 5.73 Å². The number of hydrogen-bond donors (Lipinski definition) is 1. The van der Waals surface area contributed by atoms with E-state index < -0.39 is 0 Å². The molecule has 62 valence electrons. The maximum absolute atomic E-state index is 5.76. The highest BCUT2D eigenvalue weighted by Crippen LogP contribution is 2.16. The lowest BCUT2D eigenvalue weighted by molar-refractivity contribution is 1.28. The number of halogens is 2. The van der Waals surface area contributed by atoms with Crippen LogP contribution in [0, 0.1) is 11.8 Å². The molecule has 0 saturated heterocycles. The first-order chi connectivity index (χ1) is 5.74. The van der Waals surface area contributed by atoms with Gasteiger partial charge in [0.25, 0.3) is 0 Å². The highest BCUT2D eigenvalue weighted by Gasteiger charge is 1.97. The summed E-state index contributed by atoms with van der Waals surface area (Å²) >= 11 is 9.02. The van der Waals surface area contributed by atoms with E-state index in [-0.39, 0.29) is 0 Å². The summed E-state index contributed by atoms with van der Waals surface area (Å²) < 4.78 is 0.855. The Labute approximate surface area is 84.3 Å². The van der Waals surface area contributed by atoms with Crippen molar-refractivity contribution in [2.24, 2.45) is 5.73 Å². The SMILES string of the molecule is NCC#Cc1cc(Br)cnc1Cl. The Morgan fingerprint density at radius 1 is 1.67 bits per heavy atom. The van der Waals surface area contributed by atoms with Crippen LogP contribution in [0.1, 0.15) is 5.56 Å². The van der Waals surface area contributed by atoms with Gasteiger partial charge in [-0.1, -0.05) is 23.4 Å². The van der Waals surface area contributed by atoms with E-state index in [0.717, 1.165) is 4.47 Å². The summed E-state index contributed by atoms with van der Waals surface area (Å²) in [5.41, 5.74) is 5.91. The molecule has 2 N–H and O–H groups in total. The third kappa shape index (κ3) is 2.49. The molecule has 12 heavy (non-hydrogen) atoms. The van der Waals surface area contributed by atoms with E-state index in [1.807, 2.05) is 0 Å². The molecule has 0 spiro atoms. The standard InChI is InChI=1S/C8H6BrClN2/c9-7-4-6(2-1-3-11)8(10)12-5-7/h4-5H,3,11H2. The topological polar surface area (TPSA) is 38.9 Å². The van der Waals surface area contributed by atoms with E-state index >= 15 is 0 Å². The average Bonchev–Trinajstić information content (AvgIpc) is 2.07. The zero-order valence-electron chi connectivity index (χ0n) is 6.14. The predicted octanol–water partition coefficient (Wildman–Crippen LogP) is 1.81. The van der Waals surface area contributed by atoms with Gasteiger partial charge in [0.15, 0.2) is 0 Å². The van der Waals surface area contributed by atoms with Crippen LogP contribution in [-0.4, -0.2) is 11.5 Å². The molecule has 0 saturated carbocycles. The maximum Gasteiger partial charge on any atom is 0.144 e. The van der Waals surface area contributed by atoms with E-state index in [9.17, 15) is 0 Å². The highest BCUT2D eigenvalue weighted by atomic mass is 79.9. The lowest BCUT2D eigenvalue weighted by Crippen LogP contribution is -1.93. The molecule has 0 aromatic carbocycles. The third-order valence-corrected chi connectivity index (χ3v) is 1.87. The molecule has 0 aliphatic heterocycles. The molecule has 1 heterocycles. The summed E-state index contributed by atoms with van der Waals surface area (Å²) in [5, 5.41) is 0.402. The normalized spacial score (nSPS) is 8.92. The van der Waals surface area contributed by atoms with Gasteiger partial charge in [0.2, 0.25) is 0 Å². The summed E-state index contributed by atoms with van der Waals surface area (Å²) in [4.78, 5) is 3.91. The van der Waals surface area contributed by atoms with E-state index in [1.165, 1.54) is 0 Å². The Kier molecular flexibility index (Phi) is 3.54. The third-order valence-electron chi connectivity index (χ3n) is 1.13. The van der Waals surface area contributed by atoms with Gasteiger partial charge in [-0.2, -0.15) is 0 Å². The van der Waals surface area contributed by atoms with Crippen molar-refractivity contribution >= 4 is 27.5 Å². The van der Waals surface area contributed by atoms with Crippen molar-refractivity contribution in [3.05, 3.63) is 27.5 Å². The Bertz CT molecular complexity index is 341. The van der Waals surface area contributed by atoms with Gasteiger partial charge in [-0.25, -0.2) is 4.98 Å². The highest BCUT2D eigenvalue weighted by molar-refractivity contribution is 9.10. The molecule has 0 atom stereocenters. The van der Waals surface area contributed by atoms with E-state index in [2.05, 4.69) is 32.8 Å². The Morgan fingerprint density at radius 3 is 3.08 bits per heavy atom.